The first-order valence-corrected chi connectivity index (χ1v) is 11.1. The monoisotopic (exact) mass is 397 g/mol. The second-order valence-corrected chi connectivity index (χ2v) is 10.1. The Balaban J connectivity index is 1.95. The molecular weight excluding hydrogens is 366 g/mol. The summed E-state index contributed by atoms with van der Waals surface area (Å²) in [5, 5.41) is 10.7. The average molecular weight is 398 g/mol. The Morgan fingerprint density at radius 3 is 2.67 bits per heavy atom. The van der Waals surface area contributed by atoms with Gasteiger partial charge in [0.05, 0.1) is 5.69 Å². The normalized spacial score (nSPS) is 23.2. The highest BCUT2D eigenvalue weighted by Crippen LogP contribution is 2.41. The van der Waals surface area contributed by atoms with Crippen LogP contribution in [0.25, 0.3) is 0 Å². The summed E-state index contributed by atoms with van der Waals surface area (Å²) in [6, 6.07) is -0.151. The van der Waals surface area contributed by atoms with Crippen LogP contribution in [0.4, 0.5) is 0 Å². The number of carbonyl (C=O) groups is 1. The van der Waals surface area contributed by atoms with E-state index in [4.69, 9.17) is 0 Å². The number of amides is 1. The first-order chi connectivity index (χ1) is 12.6. The summed E-state index contributed by atoms with van der Waals surface area (Å²) in [6.07, 6.45) is 3.82. The standard InChI is InChI=1S/C18H31N5O3S/c1-13(2)10-22-12-17(14(3)21-22)27(25,26)23-11-16(20-15(4)24)9-18(23)5-7-19-8-6-18/h12-13,16,19H,5-11H2,1-4H3,(H,20,24). The molecular formula is C18H31N5O3S. The van der Waals surface area contributed by atoms with Crippen molar-refractivity contribution in [3.05, 3.63) is 11.9 Å². The van der Waals surface area contributed by atoms with Crippen LogP contribution in [0.15, 0.2) is 11.1 Å². The number of carbonyl (C=O) groups excluding carboxylic acids is 1. The van der Waals surface area contributed by atoms with Crippen LogP contribution >= 0.6 is 0 Å². The van der Waals surface area contributed by atoms with Gasteiger partial charge in [-0.25, -0.2) is 8.42 Å². The lowest BCUT2D eigenvalue weighted by Crippen LogP contribution is -2.53. The molecule has 2 aliphatic rings. The summed E-state index contributed by atoms with van der Waals surface area (Å²) in [5.41, 5.74) is 0.0896. The lowest BCUT2D eigenvalue weighted by atomic mass is 9.86. The van der Waals surface area contributed by atoms with Gasteiger partial charge in [-0.2, -0.15) is 9.40 Å². The van der Waals surface area contributed by atoms with E-state index in [-0.39, 0.29) is 16.8 Å². The van der Waals surface area contributed by atoms with E-state index < -0.39 is 15.6 Å². The summed E-state index contributed by atoms with van der Waals surface area (Å²) in [7, 11) is -3.69. The van der Waals surface area contributed by atoms with E-state index in [0.29, 0.717) is 31.1 Å². The van der Waals surface area contributed by atoms with Gasteiger partial charge in [-0.05, 0) is 45.2 Å². The van der Waals surface area contributed by atoms with Crippen molar-refractivity contribution in [3.8, 4) is 0 Å². The molecule has 2 saturated heterocycles. The van der Waals surface area contributed by atoms with E-state index in [1.54, 1.807) is 22.1 Å². The molecule has 2 aliphatic heterocycles. The largest absolute Gasteiger partial charge is 0.352 e. The third-order valence-corrected chi connectivity index (χ3v) is 7.58. The minimum atomic E-state index is -3.69. The maximum absolute atomic E-state index is 13.6. The van der Waals surface area contributed by atoms with Crippen molar-refractivity contribution in [2.45, 2.75) is 70.0 Å². The molecule has 0 aromatic carbocycles. The molecule has 0 aliphatic carbocycles. The predicted molar refractivity (Wildman–Crippen MR) is 103 cm³/mol. The van der Waals surface area contributed by atoms with Crippen LogP contribution in [0.5, 0.6) is 0 Å². The Morgan fingerprint density at radius 2 is 2.07 bits per heavy atom. The lowest BCUT2D eigenvalue weighted by Gasteiger charge is -2.40. The van der Waals surface area contributed by atoms with E-state index in [9.17, 15) is 13.2 Å². The summed E-state index contributed by atoms with van der Waals surface area (Å²) in [4.78, 5) is 11.8. The van der Waals surface area contributed by atoms with Gasteiger partial charge in [0.25, 0.3) is 0 Å². The number of aromatic nitrogens is 2. The highest BCUT2D eigenvalue weighted by atomic mass is 32.2. The van der Waals surface area contributed by atoms with Crippen LogP contribution in [0.2, 0.25) is 0 Å². The Kier molecular flexibility index (Phi) is 5.65. The number of hydrogen-bond acceptors (Lipinski definition) is 5. The van der Waals surface area contributed by atoms with Crippen molar-refractivity contribution < 1.29 is 13.2 Å². The minimum absolute atomic E-state index is 0.121. The van der Waals surface area contributed by atoms with Gasteiger partial charge >= 0.3 is 0 Å². The molecule has 1 atom stereocenters. The fraction of sp³-hybridized carbons (Fsp3) is 0.778. The fourth-order valence-electron chi connectivity index (χ4n) is 4.44. The molecule has 27 heavy (non-hydrogen) atoms. The third kappa shape index (κ3) is 4.05. The molecule has 0 bridgehead atoms. The second-order valence-electron chi connectivity index (χ2n) is 8.31. The van der Waals surface area contributed by atoms with Crippen LogP contribution in [0, 0.1) is 12.8 Å². The van der Waals surface area contributed by atoms with E-state index in [0.717, 1.165) is 25.9 Å². The molecule has 1 spiro atoms. The number of rotatable bonds is 5. The van der Waals surface area contributed by atoms with Gasteiger partial charge in [0.15, 0.2) is 0 Å². The molecule has 152 valence electrons. The zero-order valence-corrected chi connectivity index (χ0v) is 17.5. The highest BCUT2D eigenvalue weighted by Gasteiger charge is 2.52. The molecule has 1 aromatic rings. The second kappa shape index (κ2) is 7.52. The molecule has 0 radical (unpaired) electrons. The quantitative estimate of drug-likeness (QED) is 0.769. The Morgan fingerprint density at radius 1 is 1.41 bits per heavy atom. The summed E-state index contributed by atoms with van der Waals surface area (Å²) >= 11 is 0. The smallest absolute Gasteiger partial charge is 0.247 e. The van der Waals surface area contributed by atoms with Gasteiger partial charge in [-0.15, -0.1) is 0 Å². The highest BCUT2D eigenvalue weighted by molar-refractivity contribution is 7.89. The number of nitrogens with zero attached hydrogens (tertiary/aromatic N) is 3. The SMILES string of the molecule is CC(=O)NC1CN(S(=O)(=O)c2cn(CC(C)C)nc2C)C2(CCNCC2)C1. The van der Waals surface area contributed by atoms with Crippen LogP contribution < -0.4 is 10.6 Å². The first kappa shape index (κ1) is 20.3. The van der Waals surface area contributed by atoms with Crippen LogP contribution in [-0.2, 0) is 21.4 Å². The van der Waals surface area contributed by atoms with Crippen LogP contribution in [0.1, 0.15) is 45.7 Å². The summed E-state index contributed by atoms with van der Waals surface area (Å²) < 4.78 is 30.6. The van der Waals surface area contributed by atoms with Crippen LogP contribution in [-0.4, -0.2) is 59.6 Å². The van der Waals surface area contributed by atoms with E-state index in [2.05, 4.69) is 29.6 Å². The molecule has 8 nitrogen and oxygen atoms in total. The van der Waals surface area contributed by atoms with Crippen molar-refractivity contribution in [2.75, 3.05) is 19.6 Å². The molecule has 3 heterocycles. The number of aryl methyl sites for hydroxylation is 1. The number of sulfonamides is 1. The summed E-state index contributed by atoms with van der Waals surface area (Å²) in [5.74, 6) is 0.260. The van der Waals surface area contributed by atoms with Crippen molar-refractivity contribution in [2.24, 2.45) is 5.92 Å². The molecule has 1 amide bonds. The van der Waals surface area contributed by atoms with E-state index in [1.165, 1.54) is 6.92 Å². The number of hydrogen-bond donors (Lipinski definition) is 2. The Bertz CT molecular complexity index is 796. The zero-order chi connectivity index (χ0) is 19.8. The van der Waals surface area contributed by atoms with Crippen molar-refractivity contribution in [3.63, 3.8) is 0 Å². The van der Waals surface area contributed by atoms with Crippen molar-refractivity contribution in [1.29, 1.82) is 0 Å². The van der Waals surface area contributed by atoms with Crippen molar-refractivity contribution >= 4 is 15.9 Å². The third-order valence-electron chi connectivity index (χ3n) is 5.50. The molecule has 1 unspecified atom stereocenters. The topological polar surface area (TPSA) is 96.3 Å². The molecule has 3 rings (SSSR count). The van der Waals surface area contributed by atoms with Gasteiger partial charge in [0.1, 0.15) is 4.90 Å². The maximum atomic E-state index is 13.6. The zero-order valence-electron chi connectivity index (χ0n) is 16.7. The van der Waals surface area contributed by atoms with Gasteiger partial charge < -0.3 is 10.6 Å². The van der Waals surface area contributed by atoms with Gasteiger partial charge in [0.2, 0.25) is 15.9 Å². The number of piperidine rings is 1. The Labute approximate surface area is 161 Å². The lowest BCUT2D eigenvalue weighted by molar-refractivity contribution is -0.119. The van der Waals surface area contributed by atoms with E-state index >= 15 is 0 Å². The summed E-state index contributed by atoms with van der Waals surface area (Å²) in [6.45, 7) is 9.94. The maximum Gasteiger partial charge on any atom is 0.247 e. The van der Waals surface area contributed by atoms with Crippen molar-refractivity contribution in [1.82, 2.24) is 24.7 Å². The fourth-order valence-corrected chi connectivity index (χ4v) is 6.49. The predicted octanol–water partition coefficient (Wildman–Crippen LogP) is 0.869. The van der Waals surface area contributed by atoms with Crippen LogP contribution in [0.3, 0.4) is 0 Å². The molecule has 1 aromatic heterocycles. The van der Waals surface area contributed by atoms with Gasteiger partial charge in [-0.3, -0.25) is 9.48 Å². The molecule has 9 heteroatoms. The minimum Gasteiger partial charge on any atom is -0.352 e. The first-order valence-electron chi connectivity index (χ1n) is 9.69. The van der Waals surface area contributed by atoms with Gasteiger partial charge in [0, 0.05) is 37.8 Å². The molecule has 2 fully saturated rings. The Hall–Kier alpha value is -1.45. The number of nitrogens with one attached hydrogen (secondary N) is 2. The van der Waals surface area contributed by atoms with Gasteiger partial charge in [-0.1, -0.05) is 13.8 Å². The average Bonchev–Trinajstić information content (AvgIpc) is 3.08. The van der Waals surface area contributed by atoms with E-state index in [1.807, 2.05) is 0 Å². The molecule has 2 N–H and O–H groups in total. The molecule has 0 saturated carbocycles.